The van der Waals surface area contributed by atoms with Gasteiger partial charge in [0.25, 0.3) is 0 Å². The average molecular weight is 573 g/mol. The predicted octanol–water partition coefficient (Wildman–Crippen LogP) is 6.55. The number of phenolic OH excluding ortho intramolecular Hbond substituents is 1. The number of ketones is 3. The van der Waals surface area contributed by atoms with Crippen LogP contribution in [0.2, 0.25) is 0 Å². The van der Waals surface area contributed by atoms with E-state index in [-0.39, 0.29) is 47.5 Å². The lowest BCUT2D eigenvalue weighted by Gasteiger charge is -2.56. The Morgan fingerprint density at radius 1 is 0.976 bits per heavy atom. The second kappa shape index (κ2) is 9.14. The number of carbonyl (C=O) groups excluding carboxylic acids is 3. The molecule has 0 fully saturated rings. The molecule has 0 saturated carbocycles. The van der Waals surface area contributed by atoms with Gasteiger partial charge in [0, 0.05) is 28.4 Å². The van der Waals surface area contributed by atoms with Crippen LogP contribution in [0.25, 0.3) is 11.1 Å². The third-order valence-corrected chi connectivity index (χ3v) is 9.74. The van der Waals surface area contributed by atoms with E-state index >= 15 is 0 Å². The van der Waals surface area contributed by atoms with E-state index in [0.29, 0.717) is 11.1 Å². The summed E-state index contributed by atoms with van der Waals surface area (Å²) in [4.78, 5) is 40.3. The summed E-state index contributed by atoms with van der Waals surface area (Å²) in [5, 5.41) is 46.0. The van der Waals surface area contributed by atoms with Crippen LogP contribution >= 0.6 is 0 Å². The minimum absolute atomic E-state index is 0.0000504. The van der Waals surface area contributed by atoms with E-state index in [0.717, 1.165) is 23.6 Å². The largest absolute Gasteiger partial charge is 0.511 e. The molecule has 0 amide bonds. The Hall–Kier alpha value is -3.71. The molecule has 0 radical (unpaired) electrons. The van der Waals surface area contributed by atoms with Gasteiger partial charge in [-0.2, -0.15) is 0 Å². The van der Waals surface area contributed by atoms with Crippen molar-refractivity contribution in [2.24, 2.45) is 10.8 Å². The third kappa shape index (κ3) is 3.93. The van der Waals surface area contributed by atoms with Crippen LogP contribution in [0, 0.1) is 10.8 Å². The van der Waals surface area contributed by atoms with E-state index in [1.165, 1.54) is 0 Å². The van der Waals surface area contributed by atoms with E-state index in [1.54, 1.807) is 13.8 Å². The van der Waals surface area contributed by atoms with Gasteiger partial charge in [-0.25, -0.2) is 0 Å². The van der Waals surface area contributed by atoms with Crippen molar-refractivity contribution in [2.45, 2.75) is 91.6 Å². The molecule has 0 unspecified atom stereocenters. The molecule has 3 atom stereocenters. The third-order valence-electron chi connectivity index (χ3n) is 9.74. The highest BCUT2D eigenvalue weighted by atomic mass is 16.3. The van der Waals surface area contributed by atoms with Crippen LogP contribution in [0.1, 0.15) is 101 Å². The van der Waals surface area contributed by atoms with Crippen LogP contribution in [-0.4, -0.2) is 43.4 Å². The molecule has 5 rings (SSSR count). The number of hydrogen-bond acceptors (Lipinski definition) is 7. The fourth-order valence-electron chi connectivity index (χ4n) is 7.64. The van der Waals surface area contributed by atoms with Crippen LogP contribution in [0.5, 0.6) is 5.75 Å². The van der Waals surface area contributed by atoms with E-state index in [1.807, 2.05) is 44.2 Å². The Labute approximate surface area is 246 Å². The van der Waals surface area contributed by atoms with Crippen molar-refractivity contribution < 1.29 is 34.8 Å². The lowest BCUT2D eigenvalue weighted by Crippen LogP contribution is -2.63. The van der Waals surface area contributed by atoms with Crippen molar-refractivity contribution in [3.05, 3.63) is 75.3 Å². The summed E-state index contributed by atoms with van der Waals surface area (Å²) in [6.07, 6.45) is 0.127. The molecule has 0 aliphatic heterocycles. The highest BCUT2D eigenvalue weighted by Gasteiger charge is 2.67. The van der Waals surface area contributed by atoms with Crippen LogP contribution in [0.3, 0.4) is 0 Å². The monoisotopic (exact) mass is 572 g/mol. The quantitative estimate of drug-likeness (QED) is 0.307. The first-order valence-corrected chi connectivity index (χ1v) is 14.5. The van der Waals surface area contributed by atoms with Crippen LogP contribution < -0.4 is 0 Å². The maximum absolute atomic E-state index is 14.4. The Morgan fingerprint density at radius 3 is 2.10 bits per heavy atom. The lowest BCUT2D eigenvalue weighted by atomic mass is 9.48. The van der Waals surface area contributed by atoms with Gasteiger partial charge in [0.05, 0.1) is 5.56 Å². The summed E-state index contributed by atoms with van der Waals surface area (Å²) in [6.45, 7) is 14.9. The maximum atomic E-state index is 14.4. The van der Waals surface area contributed by atoms with Crippen molar-refractivity contribution in [3.8, 4) is 16.9 Å². The standard InChI is InChI=1S/C35H40O7/c1-17(2)21-13-22(19-9-11-20(12-10-19)32(4,5)6)28(38)26-23(21)14-33(7)16-34(8)15-24(37)25(18(3)36)30(40)35(34,42)31(41)27(33)29(26)39/h9-13,17,37-38,41-42H,14-16H2,1-8H3/t33-,34+,35+/m1/s1. The van der Waals surface area contributed by atoms with Gasteiger partial charge in [-0.1, -0.05) is 72.7 Å². The molecule has 7 nitrogen and oxygen atoms in total. The average Bonchev–Trinajstić information content (AvgIpc) is 2.85. The van der Waals surface area contributed by atoms with Gasteiger partial charge in [0.1, 0.15) is 22.8 Å². The van der Waals surface area contributed by atoms with E-state index in [2.05, 4.69) is 20.8 Å². The Kier molecular flexibility index (Phi) is 6.48. The van der Waals surface area contributed by atoms with Crippen molar-refractivity contribution >= 4 is 17.3 Å². The molecule has 0 spiro atoms. The van der Waals surface area contributed by atoms with E-state index < -0.39 is 50.9 Å². The molecule has 0 bridgehead atoms. The van der Waals surface area contributed by atoms with Gasteiger partial charge in [0.15, 0.2) is 17.2 Å². The second-order valence-electron chi connectivity index (χ2n) is 14.3. The number of aliphatic hydroxyl groups excluding tert-OH is 2. The summed E-state index contributed by atoms with van der Waals surface area (Å²) in [5.74, 6) is -3.97. The Bertz CT molecular complexity index is 1630. The van der Waals surface area contributed by atoms with Crippen LogP contribution in [0.15, 0.2) is 53.0 Å². The lowest BCUT2D eigenvalue weighted by molar-refractivity contribution is -0.159. The minimum Gasteiger partial charge on any atom is -0.511 e. The number of carbonyl (C=O) groups is 3. The summed E-state index contributed by atoms with van der Waals surface area (Å²) in [7, 11) is 0. The Balaban J connectivity index is 1.76. The summed E-state index contributed by atoms with van der Waals surface area (Å²) in [5.41, 5.74) is -1.83. The molecular formula is C35H40O7. The molecule has 0 aromatic heterocycles. The highest BCUT2D eigenvalue weighted by molar-refractivity contribution is 6.25. The minimum atomic E-state index is -2.58. The number of benzene rings is 2. The van der Waals surface area contributed by atoms with Crippen molar-refractivity contribution in [2.75, 3.05) is 0 Å². The van der Waals surface area contributed by atoms with Gasteiger partial charge >= 0.3 is 0 Å². The van der Waals surface area contributed by atoms with Gasteiger partial charge in [-0.3, -0.25) is 14.4 Å². The van der Waals surface area contributed by atoms with Gasteiger partial charge < -0.3 is 20.4 Å². The summed E-state index contributed by atoms with van der Waals surface area (Å²) in [6, 6.07) is 9.75. The molecule has 3 aliphatic rings. The normalized spacial score (nSPS) is 27.7. The van der Waals surface area contributed by atoms with Crippen molar-refractivity contribution in [3.63, 3.8) is 0 Å². The molecule has 2 aromatic rings. The number of Topliss-reactive ketones (excluding diaryl/α,β-unsaturated/α-hetero) is 3. The first-order valence-electron chi connectivity index (χ1n) is 14.5. The molecule has 7 heteroatoms. The van der Waals surface area contributed by atoms with Crippen molar-refractivity contribution in [1.82, 2.24) is 0 Å². The number of aromatic hydroxyl groups is 1. The molecule has 0 heterocycles. The first kappa shape index (κ1) is 29.8. The number of phenols is 1. The smallest absolute Gasteiger partial charge is 0.209 e. The van der Waals surface area contributed by atoms with E-state index in [9.17, 15) is 34.8 Å². The Morgan fingerprint density at radius 2 is 1.57 bits per heavy atom. The SMILES string of the molecule is CC(=O)C1=C(O)C[C@@]2(C)C[C@@]3(C)Cc4c(C(C)C)cc(-c5ccc(C(C)(C)C)cc5)c(O)c4C(=O)C3=C(O)[C@@]2(O)C1=O. The van der Waals surface area contributed by atoms with Crippen LogP contribution in [-0.2, 0) is 21.4 Å². The van der Waals surface area contributed by atoms with Crippen LogP contribution in [0.4, 0.5) is 0 Å². The van der Waals surface area contributed by atoms with Gasteiger partial charge in [0.2, 0.25) is 5.78 Å². The zero-order valence-electron chi connectivity index (χ0n) is 25.6. The number of allylic oxidation sites excluding steroid dienone is 2. The predicted molar refractivity (Wildman–Crippen MR) is 160 cm³/mol. The fraction of sp³-hybridized carbons (Fsp3) is 0.457. The molecule has 2 aromatic carbocycles. The topological polar surface area (TPSA) is 132 Å². The number of fused-ring (bicyclic) bond motifs is 3. The summed E-state index contributed by atoms with van der Waals surface area (Å²) < 4.78 is 0. The maximum Gasteiger partial charge on any atom is 0.209 e. The van der Waals surface area contributed by atoms with Gasteiger partial charge in [-0.15, -0.1) is 0 Å². The zero-order valence-corrected chi connectivity index (χ0v) is 25.6. The number of aliphatic hydroxyl groups is 3. The molecule has 4 N–H and O–H groups in total. The van der Waals surface area contributed by atoms with Crippen molar-refractivity contribution in [1.29, 1.82) is 0 Å². The number of rotatable bonds is 3. The molecule has 222 valence electrons. The second-order valence-corrected chi connectivity index (χ2v) is 14.3. The first-order chi connectivity index (χ1) is 19.3. The fourth-order valence-corrected chi connectivity index (χ4v) is 7.64. The molecular weight excluding hydrogens is 532 g/mol. The zero-order chi connectivity index (χ0) is 31.3. The summed E-state index contributed by atoms with van der Waals surface area (Å²) >= 11 is 0. The number of hydrogen-bond donors (Lipinski definition) is 4. The highest BCUT2D eigenvalue weighted by Crippen LogP contribution is 2.62. The molecule has 3 aliphatic carbocycles. The van der Waals surface area contributed by atoms with Gasteiger partial charge in [-0.05, 0) is 59.4 Å². The molecule has 0 saturated heterocycles. The molecule has 42 heavy (non-hydrogen) atoms. The van der Waals surface area contributed by atoms with E-state index in [4.69, 9.17) is 0 Å².